The average molecular weight is 296 g/mol. The Kier molecular flexibility index (Phi) is 3.30. The molecule has 1 fully saturated rings. The number of aromatic nitrogens is 3. The van der Waals surface area contributed by atoms with Crippen molar-refractivity contribution in [2.75, 3.05) is 18.9 Å². The molecule has 2 aromatic heterocycles. The van der Waals surface area contributed by atoms with Gasteiger partial charge in [0.25, 0.3) is 0 Å². The van der Waals surface area contributed by atoms with Crippen LogP contribution in [0.3, 0.4) is 0 Å². The monoisotopic (exact) mass is 296 g/mol. The molecule has 6 N–H and O–H groups in total. The second kappa shape index (κ2) is 4.90. The van der Waals surface area contributed by atoms with Gasteiger partial charge in [0.05, 0.1) is 18.9 Å². The fourth-order valence-corrected chi connectivity index (χ4v) is 2.73. The van der Waals surface area contributed by atoms with Gasteiger partial charge in [0.1, 0.15) is 30.2 Å². The van der Waals surface area contributed by atoms with Gasteiger partial charge in [-0.2, -0.15) is 5.10 Å². The van der Waals surface area contributed by atoms with Crippen molar-refractivity contribution < 1.29 is 25.2 Å². The summed E-state index contributed by atoms with van der Waals surface area (Å²) in [5.74, 6) is 0.232. The second-order valence-corrected chi connectivity index (χ2v) is 4.98. The number of nitrogen functional groups attached to an aromatic ring is 1. The lowest BCUT2D eigenvalue weighted by Gasteiger charge is -2.29. The number of ether oxygens (including phenoxy) is 1. The van der Waals surface area contributed by atoms with Crippen LogP contribution in [0.25, 0.3) is 5.52 Å². The first-order valence-electron chi connectivity index (χ1n) is 6.39. The van der Waals surface area contributed by atoms with Gasteiger partial charge in [0.2, 0.25) is 0 Å². The minimum Gasteiger partial charge on any atom is -0.394 e. The van der Waals surface area contributed by atoms with Gasteiger partial charge in [-0.15, -0.1) is 0 Å². The highest BCUT2D eigenvalue weighted by Crippen LogP contribution is 2.40. The van der Waals surface area contributed by atoms with Crippen LogP contribution in [0, 0.1) is 0 Å². The van der Waals surface area contributed by atoms with E-state index >= 15 is 0 Å². The standard InChI is InChI=1S/C12H16N4O5/c13-11-6-1-2-8(16(6)15-5-14-11)12(4-18)10(20)9(19)7(3-17)21-12/h1-2,5,7,9-10,17-20H,3-4H2,(H2,13,14,15)/t7-,9?,10-,12+/m1/s1. The van der Waals surface area contributed by atoms with Crippen LogP contribution >= 0.6 is 0 Å². The van der Waals surface area contributed by atoms with Gasteiger partial charge in [-0.1, -0.05) is 0 Å². The van der Waals surface area contributed by atoms with E-state index in [9.17, 15) is 20.4 Å². The van der Waals surface area contributed by atoms with E-state index in [1.165, 1.54) is 10.8 Å². The van der Waals surface area contributed by atoms with Crippen molar-refractivity contribution in [3.8, 4) is 0 Å². The van der Waals surface area contributed by atoms with Gasteiger partial charge in [0.15, 0.2) is 11.4 Å². The molecule has 0 amide bonds. The number of anilines is 1. The molecule has 21 heavy (non-hydrogen) atoms. The SMILES string of the molecule is Nc1ncnn2c([C@]3(CO)O[C@H](CO)C(O)[C@H]3O)ccc12. The van der Waals surface area contributed by atoms with Crippen molar-refractivity contribution in [3.63, 3.8) is 0 Å². The molecular weight excluding hydrogens is 280 g/mol. The van der Waals surface area contributed by atoms with Crippen LogP contribution in [0.1, 0.15) is 5.69 Å². The maximum Gasteiger partial charge on any atom is 0.162 e. The maximum absolute atomic E-state index is 10.3. The van der Waals surface area contributed by atoms with Crippen molar-refractivity contribution in [2.45, 2.75) is 23.9 Å². The molecule has 114 valence electrons. The fourth-order valence-electron chi connectivity index (χ4n) is 2.73. The van der Waals surface area contributed by atoms with Crippen LogP contribution in [0.2, 0.25) is 0 Å². The van der Waals surface area contributed by atoms with Crippen LogP contribution in [0.4, 0.5) is 5.82 Å². The minimum atomic E-state index is -1.60. The van der Waals surface area contributed by atoms with Crippen molar-refractivity contribution >= 4 is 11.3 Å². The van der Waals surface area contributed by atoms with Crippen LogP contribution in [0.5, 0.6) is 0 Å². The van der Waals surface area contributed by atoms with Gasteiger partial charge in [-0.25, -0.2) is 9.50 Å². The molecule has 1 saturated heterocycles. The van der Waals surface area contributed by atoms with Crippen LogP contribution in [-0.4, -0.2) is 66.5 Å². The van der Waals surface area contributed by atoms with Crippen LogP contribution in [0.15, 0.2) is 18.5 Å². The number of hydrogen-bond acceptors (Lipinski definition) is 8. The predicted octanol–water partition coefficient (Wildman–Crippen LogP) is -2.39. The topological polar surface area (TPSA) is 146 Å². The van der Waals surface area contributed by atoms with Crippen LogP contribution < -0.4 is 5.73 Å². The summed E-state index contributed by atoms with van der Waals surface area (Å²) in [6, 6.07) is 3.20. The number of nitrogens with two attached hydrogens (primary N) is 1. The molecule has 0 aliphatic carbocycles. The number of aliphatic hydroxyl groups is 4. The summed E-state index contributed by atoms with van der Waals surface area (Å²) in [7, 11) is 0. The Hall–Kier alpha value is -1.78. The zero-order valence-electron chi connectivity index (χ0n) is 11.0. The summed E-state index contributed by atoms with van der Waals surface area (Å²) in [6.45, 7) is -1.09. The van der Waals surface area contributed by atoms with E-state index in [1.807, 2.05) is 0 Å². The molecule has 0 saturated carbocycles. The van der Waals surface area contributed by atoms with Gasteiger partial charge >= 0.3 is 0 Å². The van der Waals surface area contributed by atoms with E-state index < -0.39 is 37.1 Å². The largest absolute Gasteiger partial charge is 0.394 e. The number of nitrogens with zero attached hydrogens (tertiary/aromatic N) is 3. The van der Waals surface area contributed by atoms with Crippen molar-refractivity contribution in [3.05, 3.63) is 24.2 Å². The van der Waals surface area contributed by atoms with Gasteiger partial charge in [-0.05, 0) is 12.1 Å². The summed E-state index contributed by atoms with van der Waals surface area (Å²) in [4.78, 5) is 3.85. The highest BCUT2D eigenvalue weighted by Gasteiger charge is 2.56. The van der Waals surface area contributed by atoms with Crippen molar-refractivity contribution in [1.29, 1.82) is 0 Å². The molecule has 3 heterocycles. The number of aliphatic hydroxyl groups excluding tert-OH is 4. The molecule has 9 nitrogen and oxygen atoms in total. The molecule has 3 rings (SSSR count). The first-order chi connectivity index (χ1) is 10.0. The normalized spacial score (nSPS) is 32.9. The molecule has 1 unspecified atom stereocenters. The number of fused-ring (bicyclic) bond motifs is 1. The van der Waals surface area contributed by atoms with Gasteiger partial charge in [0, 0.05) is 0 Å². The van der Waals surface area contributed by atoms with E-state index in [0.29, 0.717) is 11.2 Å². The van der Waals surface area contributed by atoms with E-state index in [0.717, 1.165) is 0 Å². The number of rotatable bonds is 3. The molecule has 1 aliphatic heterocycles. The summed E-state index contributed by atoms with van der Waals surface area (Å²) < 4.78 is 6.93. The quantitative estimate of drug-likeness (QED) is 0.421. The first kappa shape index (κ1) is 14.2. The highest BCUT2D eigenvalue weighted by molar-refractivity contribution is 5.65. The minimum absolute atomic E-state index is 0.232. The molecule has 4 atom stereocenters. The Labute approximate surface area is 119 Å². The molecule has 0 radical (unpaired) electrons. The molecule has 0 bridgehead atoms. The molecular formula is C12H16N4O5. The molecule has 2 aromatic rings. The summed E-state index contributed by atoms with van der Waals surface area (Å²) >= 11 is 0. The lowest BCUT2D eigenvalue weighted by molar-refractivity contribution is -0.127. The Balaban J connectivity index is 2.17. The van der Waals surface area contributed by atoms with E-state index in [-0.39, 0.29) is 5.82 Å². The zero-order valence-corrected chi connectivity index (χ0v) is 11.0. The third kappa shape index (κ3) is 1.83. The summed E-state index contributed by atoms with van der Waals surface area (Å²) in [5.41, 5.74) is 4.94. The Morgan fingerprint density at radius 2 is 2.10 bits per heavy atom. The molecule has 0 aromatic carbocycles. The number of hydrogen-bond donors (Lipinski definition) is 5. The highest BCUT2D eigenvalue weighted by atomic mass is 16.6. The molecule has 9 heteroatoms. The van der Waals surface area contributed by atoms with Crippen LogP contribution in [-0.2, 0) is 10.3 Å². The van der Waals surface area contributed by atoms with Gasteiger partial charge in [-0.3, -0.25) is 0 Å². The lowest BCUT2D eigenvalue weighted by Crippen LogP contribution is -2.44. The third-order valence-electron chi connectivity index (χ3n) is 3.87. The fraction of sp³-hybridized carbons (Fsp3) is 0.500. The third-order valence-corrected chi connectivity index (χ3v) is 3.87. The maximum atomic E-state index is 10.3. The van der Waals surface area contributed by atoms with E-state index in [1.54, 1.807) is 12.1 Å². The molecule has 1 aliphatic rings. The Morgan fingerprint density at radius 1 is 1.33 bits per heavy atom. The lowest BCUT2D eigenvalue weighted by atomic mass is 9.92. The Bertz CT molecular complexity index is 662. The molecule has 0 spiro atoms. The Morgan fingerprint density at radius 3 is 2.71 bits per heavy atom. The predicted molar refractivity (Wildman–Crippen MR) is 70.1 cm³/mol. The van der Waals surface area contributed by atoms with E-state index in [4.69, 9.17) is 10.5 Å². The summed E-state index contributed by atoms with van der Waals surface area (Å²) in [6.07, 6.45) is -2.52. The van der Waals surface area contributed by atoms with Crippen molar-refractivity contribution in [2.24, 2.45) is 0 Å². The van der Waals surface area contributed by atoms with Gasteiger partial charge < -0.3 is 30.9 Å². The smallest absolute Gasteiger partial charge is 0.162 e. The van der Waals surface area contributed by atoms with Crippen molar-refractivity contribution in [1.82, 2.24) is 14.6 Å². The van der Waals surface area contributed by atoms with E-state index in [2.05, 4.69) is 10.1 Å². The first-order valence-corrected chi connectivity index (χ1v) is 6.39. The average Bonchev–Trinajstić information content (AvgIpc) is 3.03. The zero-order chi connectivity index (χ0) is 15.2. The second-order valence-electron chi connectivity index (χ2n) is 4.98. The summed E-state index contributed by atoms with van der Waals surface area (Å²) in [5, 5.41) is 43.2.